The standard InChI is InChI=1S/C14H28O3Si/c1-8-9-10-12(11(2)13(15)16)17-18(6,7)14(3,4)5/h8,11-12H,1,9-10H2,2-7H3,(H,15,16). The van der Waals surface area contributed by atoms with E-state index in [4.69, 9.17) is 9.53 Å². The molecule has 4 heteroatoms. The first-order valence-corrected chi connectivity index (χ1v) is 9.45. The fourth-order valence-corrected chi connectivity index (χ4v) is 2.84. The zero-order valence-corrected chi connectivity index (χ0v) is 13.6. The van der Waals surface area contributed by atoms with Gasteiger partial charge >= 0.3 is 5.97 Å². The van der Waals surface area contributed by atoms with Gasteiger partial charge in [-0.05, 0) is 37.9 Å². The summed E-state index contributed by atoms with van der Waals surface area (Å²) in [5, 5.41) is 9.26. The topological polar surface area (TPSA) is 46.5 Å². The zero-order chi connectivity index (χ0) is 14.6. The Morgan fingerprint density at radius 1 is 1.44 bits per heavy atom. The van der Waals surface area contributed by atoms with Crippen molar-refractivity contribution in [1.29, 1.82) is 0 Å². The number of carboxylic acid groups (broad SMARTS) is 1. The maximum atomic E-state index is 11.1. The van der Waals surface area contributed by atoms with E-state index in [1.165, 1.54) is 0 Å². The number of carboxylic acids is 1. The third-order valence-electron chi connectivity index (χ3n) is 3.85. The van der Waals surface area contributed by atoms with E-state index in [0.29, 0.717) is 0 Å². The van der Waals surface area contributed by atoms with Crippen LogP contribution in [0.4, 0.5) is 0 Å². The van der Waals surface area contributed by atoms with Gasteiger partial charge in [0.05, 0.1) is 12.0 Å². The fourth-order valence-electron chi connectivity index (χ4n) is 1.41. The summed E-state index contributed by atoms with van der Waals surface area (Å²) in [5.74, 6) is -1.26. The molecule has 0 spiro atoms. The summed E-state index contributed by atoms with van der Waals surface area (Å²) in [5.41, 5.74) is 0. The first kappa shape index (κ1) is 17.4. The number of aliphatic carboxylic acids is 1. The van der Waals surface area contributed by atoms with Gasteiger partial charge in [-0.25, -0.2) is 0 Å². The second-order valence-corrected chi connectivity index (χ2v) is 11.2. The van der Waals surface area contributed by atoms with Crippen molar-refractivity contribution in [3.63, 3.8) is 0 Å². The molecule has 0 amide bonds. The number of hydrogen-bond acceptors (Lipinski definition) is 2. The van der Waals surface area contributed by atoms with Gasteiger partial charge in [0.1, 0.15) is 0 Å². The van der Waals surface area contributed by atoms with Crippen molar-refractivity contribution < 1.29 is 14.3 Å². The zero-order valence-electron chi connectivity index (χ0n) is 12.6. The SMILES string of the molecule is C=CCCC(O[Si](C)(C)C(C)(C)C)C(C)C(=O)O. The highest BCUT2D eigenvalue weighted by Crippen LogP contribution is 2.38. The van der Waals surface area contributed by atoms with Gasteiger partial charge in [-0.2, -0.15) is 0 Å². The molecule has 0 heterocycles. The van der Waals surface area contributed by atoms with Crippen LogP contribution in [0.5, 0.6) is 0 Å². The molecule has 0 radical (unpaired) electrons. The molecule has 0 rings (SSSR count). The van der Waals surface area contributed by atoms with Crippen LogP contribution >= 0.6 is 0 Å². The van der Waals surface area contributed by atoms with Crippen molar-refractivity contribution in [1.82, 2.24) is 0 Å². The van der Waals surface area contributed by atoms with E-state index in [1.807, 2.05) is 6.08 Å². The van der Waals surface area contributed by atoms with Crippen LogP contribution in [0.1, 0.15) is 40.5 Å². The highest BCUT2D eigenvalue weighted by Gasteiger charge is 2.40. The second-order valence-electron chi connectivity index (χ2n) is 6.41. The summed E-state index contributed by atoms with van der Waals surface area (Å²) in [6.45, 7) is 16.2. The lowest BCUT2D eigenvalue weighted by molar-refractivity contribution is -0.144. The Hall–Kier alpha value is -0.613. The normalized spacial score (nSPS) is 16.1. The van der Waals surface area contributed by atoms with E-state index >= 15 is 0 Å². The number of hydrogen-bond donors (Lipinski definition) is 1. The van der Waals surface area contributed by atoms with Crippen molar-refractivity contribution in [3.8, 4) is 0 Å². The van der Waals surface area contributed by atoms with Gasteiger partial charge in [0.25, 0.3) is 0 Å². The smallest absolute Gasteiger partial charge is 0.308 e. The molecule has 0 aromatic rings. The van der Waals surface area contributed by atoms with Gasteiger partial charge in [0, 0.05) is 0 Å². The molecule has 0 fully saturated rings. The maximum Gasteiger partial charge on any atom is 0.308 e. The molecule has 18 heavy (non-hydrogen) atoms. The van der Waals surface area contributed by atoms with E-state index in [9.17, 15) is 4.79 Å². The van der Waals surface area contributed by atoms with E-state index in [-0.39, 0.29) is 11.1 Å². The van der Waals surface area contributed by atoms with Crippen LogP contribution in [-0.4, -0.2) is 25.5 Å². The molecule has 2 atom stereocenters. The van der Waals surface area contributed by atoms with Crippen LogP contribution in [0.3, 0.4) is 0 Å². The van der Waals surface area contributed by atoms with Crippen LogP contribution in [0.2, 0.25) is 18.1 Å². The Bertz CT molecular complexity index is 292. The largest absolute Gasteiger partial charge is 0.481 e. The predicted molar refractivity (Wildman–Crippen MR) is 78.3 cm³/mol. The van der Waals surface area contributed by atoms with Crippen molar-refractivity contribution >= 4 is 14.3 Å². The Morgan fingerprint density at radius 2 is 1.94 bits per heavy atom. The van der Waals surface area contributed by atoms with Crippen molar-refractivity contribution in [2.45, 2.75) is 64.8 Å². The average molecular weight is 272 g/mol. The molecule has 0 aromatic carbocycles. The molecule has 2 unspecified atom stereocenters. The number of allylic oxidation sites excluding steroid dienone is 1. The Morgan fingerprint density at radius 3 is 2.28 bits per heavy atom. The minimum atomic E-state index is -1.92. The summed E-state index contributed by atoms with van der Waals surface area (Å²) in [6, 6.07) is 0. The van der Waals surface area contributed by atoms with Crippen molar-refractivity contribution in [2.24, 2.45) is 5.92 Å². The average Bonchev–Trinajstić information content (AvgIpc) is 2.21. The van der Waals surface area contributed by atoms with Gasteiger partial charge in [-0.15, -0.1) is 6.58 Å². The van der Waals surface area contributed by atoms with Crippen LogP contribution in [0.15, 0.2) is 12.7 Å². The maximum absolute atomic E-state index is 11.1. The van der Waals surface area contributed by atoms with E-state index in [1.54, 1.807) is 6.92 Å². The van der Waals surface area contributed by atoms with Crippen molar-refractivity contribution in [2.75, 3.05) is 0 Å². The van der Waals surface area contributed by atoms with E-state index < -0.39 is 20.2 Å². The third kappa shape index (κ3) is 4.94. The predicted octanol–water partition coefficient (Wildman–Crippen LogP) is 4.06. The molecular weight excluding hydrogens is 244 g/mol. The molecule has 0 saturated carbocycles. The lowest BCUT2D eigenvalue weighted by Crippen LogP contribution is -2.46. The molecular formula is C14H28O3Si. The highest BCUT2D eigenvalue weighted by atomic mass is 28.4. The quantitative estimate of drug-likeness (QED) is 0.561. The van der Waals surface area contributed by atoms with Gasteiger partial charge < -0.3 is 9.53 Å². The molecule has 0 bridgehead atoms. The summed E-state index contributed by atoms with van der Waals surface area (Å²) in [7, 11) is -1.92. The number of carbonyl (C=O) groups is 1. The minimum Gasteiger partial charge on any atom is -0.481 e. The molecule has 0 saturated heterocycles. The number of rotatable bonds is 7. The van der Waals surface area contributed by atoms with Crippen LogP contribution in [-0.2, 0) is 9.22 Å². The van der Waals surface area contributed by atoms with Crippen LogP contribution < -0.4 is 0 Å². The molecule has 3 nitrogen and oxygen atoms in total. The van der Waals surface area contributed by atoms with Crippen molar-refractivity contribution in [3.05, 3.63) is 12.7 Å². The summed E-state index contributed by atoms with van der Waals surface area (Å²) < 4.78 is 6.24. The first-order chi connectivity index (χ1) is 8.03. The Balaban J connectivity index is 4.88. The van der Waals surface area contributed by atoms with Gasteiger partial charge in [-0.1, -0.05) is 26.8 Å². The molecule has 0 aliphatic carbocycles. The van der Waals surface area contributed by atoms with E-state index in [0.717, 1.165) is 12.8 Å². The molecule has 106 valence electrons. The minimum absolute atomic E-state index is 0.0949. The molecule has 0 aromatic heterocycles. The molecule has 0 aliphatic rings. The first-order valence-electron chi connectivity index (χ1n) is 6.54. The monoisotopic (exact) mass is 272 g/mol. The van der Waals surface area contributed by atoms with Gasteiger partial charge in [0.2, 0.25) is 0 Å². The lowest BCUT2D eigenvalue weighted by atomic mass is 10.0. The Labute approximate surface area is 112 Å². The van der Waals surface area contributed by atoms with Crippen LogP contribution in [0, 0.1) is 5.92 Å². The van der Waals surface area contributed by atoms with Gasteiger partial charge in [0.15, 0.2) is 8.32 Å². The van der Waals surface area contributed by atoms with E-state index in [2.05, 4.69) is 40.4 Å². The fraction of sp³-hybridized carbons (Fsp3) is 0.786. The summed E-state index contributed by atoms with van der Waals surface area (Å²) >= 11 is 0. The summed E-state index contributed by atoms with van der Waals surface area (Å²) in [6.07, 6.45) is 3.11. The lowest BCUT2D eigenvalue weighted by Gasteiger charge is -2.40. The third-order valence-corrected chi connectivity index (χ3v) is 8.36. The highest BCUT2D eigenvalue weighted by molar-refractivity contribution is 6.74. The van der Waals surface area contributed by atoms with Gasteiger partial charge in [-0.3, -0.25) is 4.79 Å². The second kappa shape index (κ2) is 6.52. The van der Waals surface area contributed by atoms with Crippen LogP contribution in [0.25, 0.3) is 0 Å². The Kier molecular flexibility index (Phi) is 6.30. The summed E-state index contributed by atoms with van der Waals surface area (Å²) in [4.78, 5) is 11.1. The molecule has 0 aliphatic heterocycles. The molecule has 1 N–H and O–H groups in total.